The molecule has 1 N–H and O–H groups in total. The van der Waals surface area contributed by atoms with Crippen LogP contribution in [0.25, 0.3) is 0 Å². The molecular weight excluding hydrogens is 417 g/mol. The van der Waals surface area contributed by atoms with Crippen molar-refractivity contribution in [3.05, 3.63) is 74.9 Å². The smallest absolute Gasteiger partial charge is 0.263 e. The monoisotopic (exact) mass is 429 g/mol. The third-order valence-corrected chi connectivity index (χ3v) is 5.85. The van der Waals surface area contributed by atoms with Crippen LogP contribution in [-0.4, -0.2) is 18.2 Å². The predicted molar refractivity (Wildman–Crippen MR) is 105 cm³/mol. The fraction of sp³-hybridized carbons (Fsp3) is 0.118. The van der Waals surface area contributed by atoms with Crippen LogP contribution in [0.3, 0.4) is 0 Å². The van der Waals surface area contributed by atoms with E-state index in [1.165, 1.54) is 23.0 Å². The molecule has 0 aliphatic carbocycles. The van der Waals surface area contributed by atoms with Crippen molar-refractivity contribution in [2.24, 2.45) is 0 Å². The Labute approximate surface area is 166 Å². The van der Waals surface area contributed by atoms with Gasteiger partial charge in [0.05, 0.1) is 11.4 Å². The molecule has 9 heteroatoms. The Kier molecular flexibility index (Phi) is 5.48. The average Bonchev–Trinajstić information content (AvgIpc) is 2.89. The van der Waals surface area contributed by atoms with Crippen LogP contribution in [0.1, 0.15) is 11.1 Å². The lowest BCUT2D eigenvalue weighted by atomic mass is 10.2. The lowest BCUT2D eigenvalue weighted by Gasteiger charge is -2.07. The minimum atomic E-state index is -3.78. The topological polar surface area (TPSA) is 64.0 Å². The summed E-state index contributed by atoms with van der Waals surface area (Å²) in [6.07, 6.45) is 1.53. The largest absolute Gasteiger partial charge is 0.265 e. The maximum atomic E-state index is 12.5. The van der Waals surface area contributed by atoms with Crippen LogP contribution in [0.15, 0.2) is 53.6 Å². The van der Waals surface area contributed by atoms with E-state index in [0.29, 0.717) is 16.6 Å². The quantitative estimate of drug-likeness (QED) is 0.619. The SMILES string of the molecule is Cc1ccc(S(=O)(=O)Nc2nn(Cc3ccc(Cl)cc3Cl)cc2Cl)cc1. The Balaban J connectivity index is 1.83. The minimum Gasteiger partial charge on any atom is -0.265 e. The fourth-order valence-electron chi connectivity index (χ4n) is 2.28. The van der Waals surface area contributed by atoms with Crippen molar-refractivity contribution in [2.45, 2.75) is 18.4 Å². The Morgan fingerprint density at radius 3 is 2.38 bits per heavy atom. The third-order valence-electron chi connectivity index (χ3n) is 3.63. The Morgan fingerprint density at radius 2 is 1.73 bits per heavy atom. The summed E-state index contributed by atoms with van der Waals surface area (Å²) >= 11 is 18.2. The number of hydrogen-bond acceptors (Lipinski definition) is 3. The minimum absolute atomic E-state index is 0.0531. The maximum Gasteiger partial charge on any atom is 0.263 e. The molecule has 0 aliphatic heterocycles. The first-order valence-corrected chi connectivity index (χ1v) is 10.1. The van der Waals surface area contributed by atoms with E-state index in [0.717, 1.165) is 11.1 Å². The molecule has 0 saturated carbocycles. The summed E-state index contributed by atoms with van der Waals surface area (Å²) in [5.74, 6) is 0.0531. The summed E-state index contributed by atoms with van der Waals surface area (Å²) in [4.78, 5) is 0.134. The number of aromatic nitrogens is 2. The van der Waals surface area contributed by atoms with Gasteiger partial charge in [-0.3, -0.25) is 9.40 Å². The van der Waals surface area contributed by atoms with E-state index < -0.39 is 10.0 Å². The molecule has 1 aromatic heterocycles. The zero-order valence-electron chi connectivity index (χ0n) is 13.6. The van der Waals surface area contributed by atoms with Gasteiger partial charge in [-0.1, -0.05) is 58.6 Å². The molecule has 2 aromatic carbocycles. The highest BCUT2D eigenvalue weighted by atomic mass is 35.5. The van der Waals surface area contributed by atoms with Gasteiger partial charge in [0.2, 0.25) is 0 Å². The molecule has 0 bridgehead atoms. The van der Waals surface area contributed by atoms with Crippen LogP contribution in [0.5, 0.6) is 0 Å². The van der Waals surface area contributed by atoms with E-state index in [2.05, 4.69) is 9.82 Å². The van der Waals surface area contributed by atoms with Gasteiger partial charge in [0.15, 0.2) is 5.82 Å². The van der Waals surface area contributed by atoms with E-state index in [1.807, 2.05) is 6.92 Å². The van der Waals surface area contributed by atoms with Crippen LogP contribution >= 0.6 is 34.8 Å². The number of anilines is 1. The van der Waals surface area contributed by atoms with E-state index >= 15 is 0 Å². The van der Waals surface area contributed by atoms with E-state index in [9.17, 15) is 8.42 Å². The van der Waals surface area contributed by atoms with E-state index in [4.69, 9.17) is 34.8 Å². The molecule has 1 heterocycles. The zero-order valence-corrected chi connectivity index (χ0v) is 16.7. The molecule has 0 aliphatic rings. The number of aryl methyl sites for hydroxylation is 1. The molecule has 0 unspecified atom stereocenters. The highest BCUT2D eigenvalue weighted by Crippen LogP contribution is 2.26. The lowest BCUT2D eigenvalue weighted by molar-refractivity contribution is 0.600. The second kappa shape index (κ2) is 7.48. The summed E-state index contributed by atoms with van der Waals surface area (Å²) in [7, 11) is -3.78. The summed E-state index contributed by atoms with van der Waals surface area (Å²) in [5, 5.41) is 5.41. The molecule has 26 heavy (non-hydrogen) atoms. The molecule has 0 spiro atoms. The molecule has 3 aromatic rings. The molecule has 0 amide bonds. The van der Waals surface area contributed by atoms with Gasteiger partial charge in [0.25, 0.3) is 10.0 Å². The van der Waals surface area contributed by atoms with Gasteiger partial charge in [-0.15, -0.1) is 0 Å². The van der Waals surface area contributed by atoms with Crippen molar-refractivity contribution in [3.8, 4) is 0 Å². The number of halogens is 3. The van der Waals surface area contributed by atoms with Gasteiger partial charge in [-0.05, 0) is 36.8 Å². The Hall–Kier alpha value is -1.73. The molecule has 136 valence electrons. The Bertz CT molecular complexity index is 1050. The molecule has 0 saturated heterocycles. The van der Waals surface area contributed by atoms with Crippen molar-refractivity contribution in [2.75, 3.05) is 4.72 Å². The second-order valence-corrected chi connectivity index (χ2v) is 8.61. The van der Waals surface area contributed by atoms with Crippen molar-refractivity contribution < 1.29 is 8.42 Å². The van der Waals surface area contributed by atoms with Crippen molar-refractivity contribution in [1.82, 2.24) is 9.78 Å². The molecule has 0 atom stereocenters. The molecule has 5 nitrogen and oxygen atoms in total. The number of sulfonamides is 1. The fourth-order valence-corrected chi connectivity index (χ4v) is 4.01. The van der Waals surface area contributed by atoms with Crippen LogP contribution < -0.4 is 4.72 Å². The van der Waals surface area contributed by atoms with Gasteiger partial charge in [0.1, 0.15) is 5.02 Å². The first-order chi connectivity index (χ1) is 12.2. The van der Waals surface area contributed by atoms with E-state index in [-0.39, 0.29) is 15.7 Å². The normalized spacial score (nSPS) is 11.5. The first kappa shape index (κ1) is 19.0. The Morgan fingerprint density at radius 1 is 1.04 bits per heavy atom. The van der Waals surface area contributed by atoms with Gasteiger partial charge < -0.3 is 0 Å². The van der Waals surface area contributed by atoms with Crippen LogP contribution in [0.2, 0.25) is 15.1 Å². The number of hydrogen-bond donors (Lipinski definition) is 1. The lowest BCUT2D eigenvalue weighted by Crippen LogP contribution is -2.14. The summed E-state index contributed by atoms with van der Waals surface area (Å²) in [6.45, 7) is 2.20. The highest BCUT2D eigenvalue weighted by molar-refractivity contribution is 7.92. The van der Waals surface area contributed by atoms with Crippen molar-refractivity contribution >= 4 is 50.6 Å². The van der Waals surface area contributed by atoms with Gasteiger partial charge in [0, 0.05) is 16.2 Å². The number of rotatable bonds is 5. The maximum absolute atomic E-state index is 12.5. The highest BCUT2D eigenvalue weighted by Gasteiger charge is 2.18. The average molecular weight is 431 g/mol. The predicted octanol–water partition coefficient (Wildman–Crippen LogP) is 5.00. The van der Waals surface area contributed by atoms with Crippen molar-refractivity contribution in [1.29, 1.82) is 0 Å². The number of benzene rings is 2. The molecule has 0 fully saturated rings. The van der Waals surface area contributed by atoms with Gasteiger partial charge in [-0.2, -0.15) is 5.10 Å². The van der Waals surface area contributed by atoms with Gasteiger partial charge in [-0.25, -0.2) is 8.42 Å². The summed E-state index contributed by atoms with van der Waals surface area (Å²) in [5.41, 5.74) is 1.74. The van der Waals surface area contributed by atoms with Crippen molar-refractivity contribution in [3.63, 3.8) is 0 Å². The van der Waals surface area contributed by atoms with Crippen LogP contribution in [0.4, 0.5) is 5.82 Å². The molecule has 3 rings (SSSR count). The third kappa shape index (κ3) is 4.32. The zero-order chi connectivity index (χ0) is 18.9. The summed E-state index contributed by atoms with van der Waals surface area (Å²) in [6, 6.07) is 11.6. The second-order valence-electron chi connectivity index (χ2n) is 5.68. The standard InChI is InChI=1S/C17H14Cl3N3O2S/c1-11-2-6-14(7-3-11)26(24,25)22-17-16(20)10-23(21-17)9-12-4-5-13(18)8-15(12)19/h2-8,10H,9H2,1H3,(H,21,22). The summed E-state index contributed by atoms with van der Waals surface area (Å²) < 4.78 is 28.8. The van der Waals surface area contributed by atoms with Crippen LogP contribution in [-0.2, 0) is 16.6 Å². The van der Waals surface area contributed by atoms with Gasteiger partial charge >= 0.3 is 0 Å². The molecule has 0 radical (unpaired) electrons. The number of nitrogens with zero attached hydrogens (tertiary/aromatic N) is 2. The first-order valence-electron chi connectivity index (χ1n) is 7.51. The van der Waals surface area contributed by atoms with E-state index in [1.54, 1.807) is 30.3 Å². The molecular formula is C17H14Cl3N3O2S. The number of nitrogens with one attached hydrogen (secondary N) is 1. The van der Waals surface area contributed by atoms with Crippen LogP contribution in [0, 0.1) is 6.92 Å².